The van der Waals surface area contributed by atoms with Crippen LogP contribution in [0.4, 0.5) is 0 Å². The predicted octanol–water partition coefficient (Wildman–Crippen LogP) is 2.45. The Morgan fingerprint density at radius 1 is 0.778 bits per heavy atom. The summed E-state index contributed by atoms with van der Waals surface area (Å²) in [5.41, 5.74) is 4.09. The van der Waals surface area contributed by atoms with Crippen LogP contribution in [0, 0.1) is 13.8 Å². The third-order valence-corrected chi connectivity index (χ3v) is 2.76. The number of hydrogen-bond acceptors (Lipinski definition) is 4. The van der Waals surface area contributed by atoms with E-state index >= 15 is 0 Å². The molecule has 0 aliphatic carbocycles. The number of hydrogen-bond donors (Lipinski definition) is 0. The molecule has 0 saturated heterocycles. The zero-order valence-electron chi connectivity index (χ0n) is 10.9. The van der Waals surface area contributed by atoms with E-state index < -0.39 is 0 Å². The van der Waals surface area contributed by atoms with E-state index in [0.717, 1.165) is 48.5 Å². The lowest BCUT2D eigenvalue weighted by Crippen LogP contribution is -1.96. The van der Waals surface area contributed by atoms with Crippen molar-refractivity contribution >= 4 is 0 Å². The zero-order chi connectivity index (χ0) is 12.8. The van der Waals surface area contributed by atoms with E-state index in [1.54, 1.807) is 6.20 Å². The smallest absolute Gasteiger partial charge is 0.0589 e. The molecule has 0 unspecified atom stereocenters. The van der Waals surface area contributed by atoms with Gasteiger partial charge in [-0.1, -0.05) is 0 Å². The van der Waals surface area contributed by atoms with Gasteiger partial charge in [0, 0.05) is 24.8 Å². The summed E-state index contributed by atoms with van der Waals surface area (Å²) >= 11 is 0. The van der Waals surface area contributed by atoms with Crippen molar-refractivity contribution in [3.63, 3.8) is 0 Å². The fourth-order valence-corrected chi connectivity index (χ4v) is 1.80. The summed E-state index contributed by atoms with van der Waals surface area (Å²) < 4.78 is 0. The van der Waals surface area contributed by atoms with Gasteiger partial charge in [0.25, 0.3) is 0 Å². The Bertz CT molecular complexity index is 493. The first-order valence-electron chi connectivity index (χ1n) is 6.29. The van der Waals surface area contributed by atoms with Gasteiger partial charge in [-0.3, -0.25) is 19.9 Å². The number of nitrogens with zero attached hydrogens (tertiary/aromatic N) is 4. The lowest BCUT2D eigenvalue weighted by Gasteiger charge is -2.02. The van der Waals surface area contributed by atoms with E-state index in [2.05, 4.69) is 19.9 Å². The van der Waals surface area contributed by atoms with Crippen molar-refractivity contribution in [3.05, 3.63) is 47.6 Å². The summed E-state index contributed by atoms with van der Waals surface area (Å²) in [6, 6.07) is 0. The van der Waals surface area contributed by atoms with E-state index in [1.807, 2.05) is 32.4 Å². The summed E-state index contributed by atoms with van der Waals surface area (Å²) in [7, 11) is 0. The molecule has 4 nitrogen and oxygen atoms in total. The average Bonchev–Trinajstić information content (AvgIpc) is 2.37. The summed E-state index contributed by atoms with van der Waals surface area (Å²) in [4.78, 5) is 17.2. The standard InChI is InChI=1S/C14H18N4/c1-11-8-17-13(10-16-11)5-3-4-6-14-9-15-7-12(2)18-14/h7-10H,3-6H2,1-2H3. The molecule has 2 aromatic rings. The third-order valence-electron chi connectivity index (χ3n) is 2.76. The molecular weight excluding hydrogens is 224 g/mol. The van der Waals surface area contributed by atoms with Gasteiger partial charge in [-0.15, -0.1) is 0 Å². The molecule has 94 valence electrons. The molecule has 0 atom stereocenters. The van der Waals surface area contributed by atoms with Crippen LogP contribution in [-0.2, 0) is 12.8 Å². The average molecular weight is 242 g/mol. The minimum absolute atomic E-state index is 0.966. The van der Waals surface area contributed by atoms with Gasteiger partial charge in [-0.25, -0.2) is 0 Å². The Kier molecular flexibility index (Phi) is 4.34. The van der Waals surface area contributed by atoms with Gasteiger partial charge in [0.1, 0.15) is 0 Å². The van der Waals surface area contributed by atoms with Gasteiger partial charge >= 0.3 is 0 Å². The molecule has 0 aliphatic heterocycles. The van der Waals surface area contributed by atoms with Crippen LogP contribution in [0.15, 0.2) is 24.8 Å². The number of unbranched alkanes of at least 4 members (excludes halogenated alkanes) is 1. The molecule has 18 heavy (non-hydrogen) atoms. The van der Waals surface area contributed by atoms with Gasteiger partial charge in [0.15, 0.2) is 0 Å². The van der Waals surface area contributed by atoms with Gasteiger partial charge in [-0.2, -0.15) is 0 Å². The molecule has 0 bridgehead atoms. The van der Waals surface area contributed by atoms with Crippen molar-refractivity contribution in [2.24, 2.45) is 0 Å². The predicted molar refractivity (Wildman–Crippen MR) is 70.2 cm³/mol. The van der Waals surface area contributed by atoms with Gasteiger partial charge in [0.05, 0.1) is 22.8 Å². The maximum Gasteiger partial charge on any atom is 0.0589 e. The van der Waals surface area contributed by atoms with E-state index in [1.165, 1.54) is 0 Å². The number of aryl methyl sites for hydroxylation is 4. The molecule has 0 saturated carbocycles. The van der Waals surface area contributed by atoms with Crippen molar-refractivity contribution in [1.29, 1.82) is 0 Å². The van der Waals surface area contributed by atoms with Crippen LogP contribution in [0.25, 0.3) is 0 Å². The topological polar surface area (TPSA) is 51.6 Å². The highest BCUT2D eigenvalue weighted by molar-refractivity contribution is 5.02. The van der Waals surface area contributed by atoms with Crippen LogP contribution in [0.2, 0.25) is 0 Å². The van der Waals surface area contributed by atoms with Crippen LogP contribution in [-0.4, -0.2) is 19.9 Å². The maximum absolute atomic E-state index is 4.44. The minimum Gasteiger partial charge on any atom is -0.261 e. The zero-order valence-corrected chi connectivity index (χ0v) is 10.9. The number of rotatable bonds is 5. The highest BCUT2D eigenvalue weighted by Crippen LogP contribution is 2.05. The molecule has 2 rings (SSSR count). The van der Waals surface area contributed by atoms with E-state index in [0.29, 0.717) is 0 Å². The van der Waals surface area contributed by atoms with Gasteiger partial charge in [-0.05, 0) is 39.5 Å². The van der Waals surface area contributed by atoms with Crippen LogP contribution >= 0.6 is 0 Å². The molecule has 0 radical (unpaired) electrons. The fourth-order valence-electron chi connectivity index (χ4n) is 1.80. The second-order valence-corrected chi connectivity index (χ2v) is 4.51. The van der Waals surface area contributed by atoms with Crippen LogP contribution in [0.1, 0.15) is 35.6 Å². The molecule has 0 N–H and O–H groups in total. The van der Waals surface area contributed by atoms with E-state index in [-0.39, 0.29) is 0 Å². The third kappa shape index (κ3) is 3.87. The van der Waals surface area contributed by atoms with Crippen molar-refractivity contribution in [3.8, 4) is 0 Å². The number of aromatic nitrogens is 4. The maximum atomic E-state index is 4.44. The van der Waals surface area contributed by atoms with Crippen molar-refractivity contribution in [2.75, 3.05) is 0 Å². The summed E-state index contributed by atoms with van der Waals surface area (Å²) in [6.07, 6.45) is 11.5. The fraction of sp³-hybridized carbons (Fsp3) is 0.429. The lowest BCUT2D eigenvalue weighted by molar-refractivity contribution is 0.705. The van der Waals surface area contributed by atoms with E-state index in [4.69, 9.17) is 0 Å². The van der Waals surface area contributed by atoms with Crippen LogP contribution in [0.5, 0.6) is 0 Å². The van der Waals surface area contributed by atoms with Crippen molar-refractivity contribution in [1.82, 2.24) is 19.9 Å². The highest BCUT2D eigenvalue weighted by atomic mass is 14.8. The van der Waals surface area contributed by atoms with Crippen molar-refractivity contribution in [2.45, 2.75) is 39.5 Å². The second kappa shape index (κ2) is 6.19. The molecular formula is C14H18N4. The lowest BCUT2D eigenvalue weighted by atomic mass is 10.1. The van der Waals surface area contributed by atoms with E-state index in [9.17, 15) is 0 Å². The molecule has 0 amide bonds. The Morgan fingerprint density at radius 3 is 2.22 bits per heavy atom. The quantitative estimate of drug-likeness (QED) is 0.756. The largest absolute Gasteiger partial charge is 0.261 e. The SMILES string of the molecule is Cc1cnc(CCCCc2cncc(C)n2)cn1. The summed E-state index contributed by atoms with van der Waals surface area (Å²) in [5, 5.41) is 0. The minimum atomic E-state index is 0.966. The van der Waals surface area contributed by atoms with Gasteiger partial charge in [0.2, 0.25) is 0 Å². The first-order chi connectivity index (χ1) is 8.74. The monoisotopic (exact) mass is 242 g/mol. The molecule has 0 spiro atoms. The molecule has 4 heteroatoms. The molecule has 2 heterocycles. The molecule has 0 aliphatic rings. The summed E-state index contributed by atoms with van der Waals surface area (Å²) in [5.74, 6) is 0. The van der Waals surface area contributed by atoms with Crippen LogP contribution in [0.3, 0.4) is 0 Å². The Labute approximate surface area is 108 Å². The van der Waals surface area contributed by atoms with Gasteiger partial charge < -0.3 is 0 Å². The molecule has 0 fully saturated rings. The normalized spacial score (nSPS) is 10.6. The highest BCUT2D eigenvalue weighted by Gasteiger charge is 1.98. The summed E-state index contributed by atoms with van der Waals surface area (Å²) in [6.45, 7) is 3.92. The van der Waals surface area contributed by atoms with Crippen LogP contribution < -0.4 is 0 Å². The molecule has 0 aromatic carbocycles. The van der Waals surface area contributed by atoms with Crippen molar-refractivity contribution < 1.29 is 0 Å². The Morgan fingerprint density at radius 2 is 1.56 bits per heavy atom. The Balaban J connectivity index is 1.74. The first kappa shape index (κ1) is 12.6. The second-order valence-electron chi connectivity index (χ2n) is 4.51. The first-order valence-corrected chi connectivity index (χ1v) is 6.29. The Hall–Kier alpha value is -1.84. The molecule has 2 aromatic heterocycles.